The lowest BCUT2D eigenvalue weighted by Gasteiger charge is -2.36. The highest BCUT2D eigenvalue weighted by molar-refractivity contribution is 6.15. The molecule has 2 unspecified atom stereocenters. The number of nitrogens with two attached hydrogens (primary N) is 1. The Kier molecular flexibility index (Phi) is 16.5. The zero-order valence-electron chi connectivity index (χ0n) is 25.7. The van der Waals surface area contributed by atoms with Gasteiger partial charge < -0.3 is 29.3 Å². The molecule has 2 atom stereocenters. The molecule has 0 aliphatic carbocycles. The molecule has 1 fully saturated rings. The van der Waals surface area contributed by atoms with E-state index in [9.17, 15) is 9.18 Å². The molecule has 0 aromatic carbocycles. The number of ketones is 1. The molecule has 4 heterocycles. The number of carbonyl (C=O) groups excluding carboxylic acids is 2. The highest BCUT2D eigenvalue weighted by Crippen LogP contribution is 2.38. The average molecular weight is 586 g/mol. The molecule has 11 heteroatoms. The number of ether oxygens (including phenoxy) is 2. The molecule has 1 aliphatic rings. The Morgan fingerprint density at radius 1 is 1.24 bits per heavy atom. The normalized spacial score (nSPS) is 16.4. The van der Waals surface area contributed by atoms with E-state index in [4.69, 9.17) is 19.7 Å². The van der Waals surface area contributed by atoms with E-state index < -0.39 is 11.7 Å². The van der Waals surface area contributed by atoms with Gasteiger partial charge in [-0.15, -0.1) is 0 Å². The molecule has 1 aliphatic heterocycles. The minimum atomic E-state index is -0.656. The molecule has 0 saturated carbocycles. The van der Waals surface area contributed by atoms with E-state index >= 15 is 0 Å². The number of hydrogen-bond acceptors (Lipinski definition) is 10. The maximum absolute atomic E-state index is 13.4. The van der Waals surface area contributed by atoms with E-state index in [2.05, 4.69) is 31.5 Å². The van der Waals surface area contributed by atoms with Crippen LogP contribution in [0.25, 0.3) is 16.7 Å². The molecule has 0 bridgehead atoms. The molecular formula is C31H44FN5O5. The standard InChI is InChI=1S/C25H28FN5O3.C3H8O.C2H6.CH2O/c1-4-19-10-18(7-8-33-19)31(3)22-20-9-16(17(11-27)12-28-2)14-30-25(20)34-24(22)23(32)15-5-6-21(26)29-13-15;1-3-4-2;2*1-2/h5-6,9,11-14,18-19H,4,7-8,10,27H2,1-3H3;3H2,1-2H3;1-2H3;1H2/b17-11+,28-12?;;;. The highest BCUT2D eigenvalue weighted by Gasteiger charge is 2.31. The summed E-state index contributed by atoms with van der Waals surface area (Å²) in [5.41, 5.74) is 8.43. The number of hydrogen-bond donors (Lipinski definition) is 1. The summed E-state index contributed by atoms with van der Waals surface area (Å²) in [7, 11) is 5.29. The van der Waals surface area contributed by atoms with Gasteiger partial charge in [0.1, 0.15) is 6.79 Å². The van der Waals surface area contributed by atoms with Gasteiger partial charge in [-0.1, -0.05) is 20.8 Å². The van der Waals surface area contributed by atoms with E-state index in [0.29, 0.717) is 29.0 Å². The first-order chi connectivity index (χ1) is 20.4. The van der Waals surface area contributed by atoms with Gasteiger partial charge in [-0.25, -0.2) is 9.97 Å². The van der Waals surface area contributed by atoms with Crippen molar-refractivity contribution in [2.45, 2.75) is 59.1 Å². The molecule has 1 saturated heterocycles. The molecule has 230 valence electrons. The van der Waals surface area contributed by atoms with Crippen molar-refractivity contribution in [3.05, 3.63) is 59.6 Å². The number of allylic oxidation sites excluding steroid dienone is 1. The molecule has 4 rings (SSSR count). The minimum Gasteiger partial charge on any atom is -0.432 e. The van der Waals surface area contributed by atoms with Crippen LogP contribution in [0, 0.1) is 5.95 Å². The van der Waals surface area contributed by atoms with Gasteiger partial charge >= 0.3 is 0 Å². The number of fused-ring (bicyclic) bond motifs is 1. The molecule has 42 heavy (non-hydrogen) atoms. The van der Waals surface area contributed by atoms with Gasteiger partial charge in [-0.05, 0) is 44.4 Å². The monoisotopic (exact) mass is 585 g/mol. The topological polar surface area (TPSA) is 133 Å². The molecule has 3 aromatic heterocycles. The molecular weight excluding hydrogens is 541 g/mol. The molecule has 0 radical (unpaired) electrons. The van der Waals surface area contributed by atoms with Gasteiger partial charge in [-0.2, -0.15) is 4.39 Å². The Bertz CT molecular complexity index is 1290. The van der Waals surface area contributed by atoms with Crippen molar-refractivity contribution in [2.24, 2.45) is 10.7 Å². The Morgan fingerprint density at radius 3 is 2.45 bits per heavy atom. The smallest absolute Gasteiger partial charge is 0.232 e. The van der Waals surface area contributed by atoms with Crippen LogP contribution < -0.4 is 10.6 Å². The van der Waals surface area contributed by atoms with E-state index in [0.717, 1.165) is 37.5 Å². The Morgan fingerprint density at radius 2 is 1.90 bits per heavy atom. The third kappa shape index (κ3) is 9.28. The van der Waals surface area contributed by atoms with E-state index in [1.165, 1.54) is 18.5 Å². The van der Waals surface area contributed by atoms with Crippen LogP contribution in [0.3, 0.4) is 0 Å². The second kappa shape index (κ2) is 19.2. The number of rotatable bonds is 8. The maximum Gasteiger partial charge on any atom is 0.232 e. The third-order valence-corrected chi connectivity index (χ3v) is 6.48. The number of furan rings is 1. The summed E-state index contributed by atoms with van der Waals surface area (Å²) in [4.78, 5) is 35.7. The minimum absolute atomic E-state index is 0.137. The number of anilines is 1. The largest absolute Gasteiger partial charge is 0.432 e. The average Bonchev–Trinajstić information content (AvgIpc) is 3.44. The number of nitrogens with zero attached hydrogens (tertiary/aromatic N) is 4. The maximum atomic E-state index is 13.4. The number of aliphatic imine (C=N–C) groups is 1. The SMILES string of the molecule is C=O.CC.CCC1CC(N(C)c2c(C(=O)c3ccc(F)nc3)oc3ncc(/C(C=NC)=C/N)cc23)CCO1.CCOC. The van der Waals surface area contributed by atoms with Crippen molar-refractivity contribution in [1.29, 1.82) is 0 Å². The van der Waals surface area contributed by atoms with Gasteiger partial charge in [0.2, 0.25) is 23.2 Å². The van der Waals surface area contributed by atoms with Crippen molar-refractivity contribution in [1.82, 2.24) is 9.97 Å². The Labute approximate surface area is 247 Å². The molecule has 0 spiro atoms. The van der Waals surface area contributed by atoms with Gasteiger partial charge in [0.05, 0.1) is 17.2 Å². The van der Waals surface area contributed by atoms with E-state index in [1.54, 1.807) is 26.6 Å². The summed E-state index contributed by atoms with van der Waals surface area (Å²) in [6, 6.07) is 4.59. The Balaban J connectivity index is 0.000000998. The van der Waals surface area contributed by atoms with Crippen LogP contribution in [-0.2, 0) is 14.3 Å². The number of halogens is 1. The summed E-state index contributed by atoms with van der Waals surface area (Å²) in [5.74, 6) is -0.911. The lowest BCUT2D eigenvalue weighted by atomic mass is 9.98. The second-order valence-electron chi connectivity index (χ2n) is 8.83. The van der Waals surface area contributed by atoms with Gasteiger partial charge in [0, 0.05) is 82.0 Å². The zero-order chi connectivity index (χ0) is 31.7. The summed E-state index contributed by atoms with van der Waals surface area (Å²) >= 11 is 0. The van der Waals surface area contributed by atoms with Gasteiger partial charge in [-0.3, -0.25) is 9.79 Å². The van der Waals surface area contributed by atoms with Crippen molar-refractivity contribution >= 4 is 41.1 Å². The fourth-order valence-electron chi connectivity index (χ4n) is 4.31. The molecule has 2 N–H and O–H groups in total. The van der Waals surface area contributed by atoms with E-state index in [1.807, 2.05) is 40.7 Å². The third-order valence-electron chi connectivity index (χ3n) is 6.48. The molecule has 3 aromatic rings. The fourth-order valence-corrected chi connectivity index (χ4v) is 4.31. The van der Waals surface area contributed by atoms with Crippen molar-refractivity contribution in [3.8, 4) is 0 Å². The molecule has 10 nitrogen and oxygen atoms in total. The van der Waals surface area contributed by atoms with Crippen molar-refractivity contribution in [2.75, 3.05) is 39.3 Å². The Hall–Kier alpha value is -3.96. The predicted octanol–water partition coefficient (Wildman–Crippen LogP) is 5.48. The lowest BCUT2D eigenvalue weighted by Crippen LogP contribution is -2.40. The van der Waals surface area contributed by atoms with Crippen LogP contribution in [0.4, 0.5) is 10.1 Å². The summed E-state index contributed by atoms with van der Waals surface area (Å²) in [5, 5.41) is 0.682. The number of carbonyl (C=O) groups is 2. The van der Waals surface area contributed by atoms with Crippen LogP contribution in [0.1, 0.15) is 68.6 Å². The van der Waals surface area contributed by atoms with Gasteiger partial charge in [0.25, 0.3) is 0 Å². The summed E-state index contributed by atoms with van der Waals surface area (Å²) < 4.78 is 29.7. The van der Waals surface area contributed by atoms with E-state index in [-0.39, 0.29) is 23.5 Å². The fraction of sp³-hybridized carbons (Fsp3) is 0.452. The van der Waals surface area contributed by atoms with Crippen LogP contribution in [0.15, 0.2) is 46.2 Å². The lowest BCUT2D eigenvalue weighted by molar-refractivity contribution is -0.0980. The summed E-state index contributed by atoms with van der Waals surface area (Å²) in [6.07, 6.45) is 8.65. The predicted molar refractivity (Wildman–Crippen MR) is 166 cm³/mol. The van der Waals surface area contributed by atoms with Gasteiger partial charge in [0.15, 0.2) is 0 Å². The second-order valence-corrected chi connectivity index (χ2v) is 8.83. The first kappa shape index (κ1) is 36.1. The highest BCUT2D eigenvalue weighted by atomic mass is 19.1. The first-order valence-corrected chi connectivity index (χ1v) is 13.9. The van der Waals surface area contributed by atoms with Crippen molar-refractivity contribution < 1.29 is 27.9 Å². The van der Waals surface area contributed by atoms with Crippen molar-refractivity contribution in [3.63, 3.8) is 0 Å². The van der Waals surface area contributed by atoms with Crippen LogP contribution in [0.5, 0.6) is 0 Å². The number of pyridine rings is 2. The van der Waals surface area contributed by atoms with Crippen LogP contribution >= 0.6 is 0 Å². The summed E-state index contributed by atoms with van der Waals surface area (Å²) in [6.45, 7) is 11.5. The molecule has 0 amide bonds. The zero-order valence-corrected chi connectivity index (χ0v) is 25.7. The number of aromatic nitrogens is 2. The van der Waals surface area contributed by atoms with Crippen LogP contribution in [-0.4, -0.2) is 75.3 Å². The quantitative estimate of drug-likeness (QED) is 0.207. The first-order valence-electron chi connectivity index (χ1n) is 13.9. The van der Waals surface area contributed by atoms with Crippen LogP contribution in [0.2, 0.25) is 0 Å². The number of methoxy groups -OCH3 is 1.